The van der Waals surface area contributed by atoms with Crippen molar-refractivity contribution in [3.8, 4) is 17.2 Å². The van der Waals surface area contributed by atoms with Crippen LogP contribution >= 0.6 is 0 Å². The van der Waals surface area contributed by atoms with Crippen molar-refractivity contribution in [2.24, 2.45) is 0 Å². The van der Waals surface area contributed by atoms with Gasteiger partial charge in [0.15, 0.2) is 17.9 Å². The van der Waals surface area contributed by atoms with Crippen LogP contribution in [0.1, 0.15) is 101 Å². The molecule has 5 N–H and O–H groups in total. The lowest BCUT2D eigenvalue weighted by atomic mass is 9.72. The number of nitrogens with one attached hydrogen (secondary N) is 1. The first-order valence-corrected chi connectivity index (χ1v) is 16.0. The minimum absolute atomic E-state index is 0.00110. The van der Waals surface area contributed by atoms with Gasteiger partial charge in [-0.1, -0.05) is 25.0 Å². The number of phenols is 2. The largest absolute Gasteiger partial charge is 0.507 e. The molecule has 4 aliphatic rings. The molecular formula is C34H42N2O10. The van der Waals surface area contributed by atoms with Gasteiger partial charge in [-0.15, -0.1) is 0 Å². The summed E-state index contributed by atoms with van der Waals surface area (Å²) in [4.78, 5) is 42.6. The number of ketones is 3. The summed E-state index contributed by atoms with van der Waals surface area (Å²) < 4.78 is 17.7. The summed E-state index contributed by atoms with van der Waals surface area (Å²) in [5.41, 5.74) is -2.90. The molecule has 0 unspecified atom stereocenters. The molecular weight excluding hydrogens is 596 g/mol. The Kier molecular flexibility index (Phi) is 8.96. The zero-order valence-electron chi connectivity index (χ0n) is 26.4. The van der Waals surface area contributed by atoms with Crippen LogP contribution in [0.3, 0.4) is 0 Å². The first-order valence-electron chi connectivity index (χ1n) is 16.0. The van der Waals surface area contributed by atoms with Crippen molar-refractivity contribution in [3.63, 3.8) is 0 Å². The summed E-state index contributed by atoms with van der Waals surface area (Å²) in [6, 6.07) is 4.10. The number of aliphatic hydroxyl groups is 2. The van der Waals surface area contributed by atoms with E-state index in [1.54, 1.807) is 13.0 Å². The van der Waals surface area contributed by atoms with Crippen LogP contribution in [-0.2, 0) is 20.7 Å². The van der Waals surface area contributed by atoms with Crippen LogP contribution in [0.2, 0.25) is 0 Å². The fraction of sp³-hybridized carbons (Fsp3) is 0.559. The molecule has 0 radical (unpaired) electrons. The average molecular weight is 639 g/mol. The number of phenolic OH excluding ortho intramolecular Hbond substituents is 2. The van der Waals surface area contributed by atoms with E-state index in [1.165, 1.54) is 39.0 Å². The molecule has 0 saturated carbocycles. The predicted molar refractivity (Wildman–Crippen MR) is 164 cm³/mol. The average Bonchev–Trinajstić information content (AvgIpc) is 3.31. The van der Waals surface area contributed by atoms with E-state index in [1.807, 2.05) is 0 Å². The molecule has 46 heavy (non-hydrogen) atoms. The molecule has 0 aromatic heterocycles. The van der Waals surface area contributed by atoms with Gasteiger partial charge in [0.2, 0.25) is 5.78 Å². The van der Waals surface area contributed by atoms with E-state index in [9.17, 15) is 34.8 Å². The molecule has 2 aromatic carbocycles. The fourth-order valence-corrected chi connectivity index (χ4v) is 7.37. The van der Waals surface area contributed by atoms with Crippen LogP contribution in [0.15, 0.2) is 18.2 Å². The zero-order valence-corrected chi connectivity index (χ0v) is 26.4. The summed E-state index contributed by atoms with van der Waals surface area (Å²) >= 11 is 0. The maximum atomic E-state index is 13.9. The maximum Gasteiger partial charge on any atom is 0.202 e. The molecule has 2 fully saturated rings. The van der Waals surface area contributed by atoms with E-state index >= 15 is 0 Å². The monoisotopic (exact) mass is 638 g/mol. The van der Waals surface area contributed by atoms with Crippen LogP contribution in [0.5, 0.6) is 17.2 Å². The predicted octanol–water partition coefficient (Wildman–Crippen LogP) is 2.49. The molecule has 248 valence electrons. The van der Waals surface area contributed by atoms with Gasteiger partial charge in [0.1, 0.15) is 22.8 Å². The van der Waals surface area contributed by atoms with Crippen molar-refractivity contribution < 1.29 is 49.0 Å². The van der Waals surface area contributed by atoms with Gasteiger partial charge < -0.3 is 34.6 Å². The third kappa shape index (κ3) is 5.61. The van der Waals surface area contributed by atoms with Gasteiger partial charge in [0.05, 0.1) is 42.1 Å². The second-order valence-electron chi connectivity index (χ2n) is 13.0. The number of Topliss-reactive ketones (excluding diaryl/α,β-unsaturated/α-hetero) is 1. The van der Waals surface area contributed by atoms with E-state index in [4.69, 9.17) is 14.2 Å². The summed E-state index contributed by atoms with van der Waals surface area (Å²) in [6.45, 7) is 5.45. The zero-order chi connectivity index (χ0) is 32.9. The number of carbonyl (C=O) groups excluding carboxylic acids is 3. The van der Waals surface area contributed by atoms with Gasteiger partial charge >= 0.3 is 0 Å². The number of methoxy groups -OCH3 is 1. The molecule has 6 atom stereocenters. The van der Waals surface area contributed by atoms with Crippen molar-refractivity contribution in [3.05, 3.63) is 51.6 Å². The van der Waals surface area contributed by atoms with Crippen LogP contribution in [0, 0.1) is 0 Å². The van der Waals surface area contributed by atoms with Crippen LogP contribution in [0.4, 0.5) is 0 Å². The highest BCUT2D eigenvalue weighted by molar-refractivity contribution is 6.31. The highest BCUT2D eigenvalue weighted by atomic mass is 16.7. The van der Waals surface area contributed by atoms with Crippen molar-refractivity contribution >= 4 is 17.3 Å². The SMILES string of the molecule is COc1cccc2c1C(=O)c1c(O)c3c(c(O)c1C2=O)C[C@@](O)(C(C)=O)C[C@@H]3O[C@H]1C[C@H](NCN2CCCCCC2)[C@H](O)[C@H](C)O1. The molecule has 2 aliphatic heterocycles. The highest BCUT2D eigenvalue weighted by Gasteiger charge is 2.49. The Morgan fingerprint density at radius 3 is 2.43 bits per heavy atom. The van der Waals surface area contributed by atoms with Gasteiger partial charge in [-0.05, 0) is 45.8 Å². The molecule has 2 heterocycles. The molecule has 0 spiro atoms. The van der Waals surface area contributed by atoms with Gasteiger partial charge in [-0.3, -0.25) is 24.6 Å². The Bertz CT molecular complexity index is 1550. The van der Waals surface area contributed by atoms with Crippen LogP contribution in [-0.4, -0.2) is 99.7 Å². The van der Waals surface area contributed by atoms with E-state index in [0.29, 0.717) is 6.67 Å². The van der Waals surface area contributed by atoms with Crippen LogP contribution < -0.4 is 10.1 Å². The molecule has 0 bridgehead atoms. The molecule has 2 saturated heterocycles. The van der Waals surface area contributed by atoms with Crippen molar-refractivity contribution in [2.75, 3.05) is 26.9 Å². The number of fused-ring (bicyclic) bond motifs is 3. The Labute approximate surface area is 267 Å². The minimum atomic E-state index is -2.00. The third-order valence-electron chi connectivity index (χ3n) is 10.0. The summed E-state index contributed by atoms with van der Waals surface area (Å²) in [6.07, 6.45) is 0.518. The number of aliphatic hydroxyl groups excluding tert-OH is 1. The molecule has 2 aromatic rings. The van der Waals surface area contributed by atoms with E-state index in [-0.39, 0.29) is 40.8 Å². The third-order valence-corrected chi connectivity index (χ3v) is 10.0. The lowest BCUT2D eigenvalue weighted by molar-refractivity contribution is -0.250. The number of aromatic hydroxyl groups is 2. The second kappa shape index (κ2) is 12.7. The number of nitrogens with zero attached hydrogens (tertiary/aromatic N) is 1. The Morgan fingerprint density at radius 2 is 1.76 bits per heavy atom. The first-order chi connectivity index (χ1) is 21.9. The summed E-state index contributed by atoms with van der Waals surface area (Å²) in [5, 5.41) is 49.1. The van der Waals surface area contributed by atoms with Crippen molar-refractivity contribution in [1.82, 2.24) is 10.2 Å². The molecule has 0 amide bonds. The van der Waals surface area contributed by atoms with E-state index in [0.717, 1.165) is 25.9 Å². The molecule has 12 heteroatoms. The topological polar surface area (TPSA) is 175 Å². The van der Waals surface area contributed by atoms with Crippen molar-refractivity contribution in [2.45, 2.75) is 95.0 Å². The molecule has 6 rings (SSSR count). The molecule has 2 aliphatic carbocycles. The van der Waals surface area contributed by atoms with Gasteiger partial charge in [-0.2, -0.15) is 0 Å². The minimum Gasteiger partial charge on any atom is -0.507 e. The highest BCUT2D eigenvalue weighted by Crippen LogP contribution is 2.52. The van der Waals surface area contributed by atoms with E-state index < -0.39 is 82.6 Å². The Morgan fingerprint density at radius 1 is 1.07 bits per heavy atom. The van der Waals surface area contributed by atoms with Gasteiger partial charge in [-0.25, -0.2) is 0 Å². The molecule has 12 nitrogen and oxygen atoms in total. The van der Waals surface area contributed by atoms with Crippen LogP contribution in [0.25, 0.3) is 0 Å². The number of rotatable bonds is 7. The lowest BCUT2D eigenvalue weighted by Crippen LogP contribution is -2.56. The van der Waals surface area contributed by atoms with E-state index in [2.05, 4.69) is 10.2 Å². The Balaban J connectivity index is 1.35. The number of hydrogen-bond donors (Lipinski definition) is 5. The number of likely N-dealkylation sites (tertiary alicyclic amines) is 1. The Hall–Kier alpha value is -3.39. The lowest BCUT2D eigenvalue weighted by Gasteiger charge is -2.43. The number of carbonyl (C=O) groups is 3. The normalized spacial score (nSPS) is 29.8. The smallest absolute Gasteiger partial charge is 0.202 e. The standard InChI is InChI=1S/C34H42N2O10/c1-17-29(38)21(35-16-36-11-6-4-5-7-12-36)13-24(45-17)46-23-15-34(43,18(2)37)14-20-26(23)33(42)28-27(31(20)40)30(39)19-9-8-10-22(44-3)25(19)32(28)41/h8-10,17,21,23-24,29,35,38,40,42-43H,4-7,11-16H2,1-3H3/t17-,21-,23-,24-,29+,34-/m0/s1. The fourth-order valence-electron chi connectivity index (χ4n) is 7.37. The van der Waals surface area contributed by atoms with Gasteiger partial charge in [0.25, 0.3) is 0 Å². The quantitative estimate of drug-likeness (QED) is 0.240. The first kappa shape index (κ1) is 32.5. The number of hydrogen-bond acceptors (Lipinski definition) is 12. The second-order valence-corrected chi connectivity index (χ2v) is 13.0. The maximum absolute atomic E-state index is 13.9. The van der Waals surface area contributed by atoms with Gasteiger partial charge in [0, 0.05) is 48.7 Å². The van der Waals surface area contributed by atoms with Crippen molar-refractivity contribution in [1.29, 1.82) is 0 Å². The number of benzene rings is 2. The number of ether oxygens (including phenoxy) is 3. The summed E-state index contributed by atoms with van der Waals surface area (Å²) in [5.74, 6) is -3.05. The summed E-state index contributed by atoms with van der Waals surface area (Å²) in [7, 11) is 1.36.